The highest BCUT2D eigenvalue weighted by atomic mass is 16.5. The van der Waals surface area contributed by atoms with Crippen LogP contribution in [-0.2, 0) is 11.3 Å². The minimum Gasteiger partial charge on any atom is -0.486 e. The second-order valence-electron chi connectivity index (χ2n) is 5.30. The fourth-order valence-electron chi connectivity index (χ4n) is 2.05. The van der Waals surface area contributed by atoms with E-state index in [0.717, 1.165) is 36.6 Å². The van der Waals surface area contributed by atoms with Crippen molar-refractivity contribution in [1.82, 2.24) is 9.97 Å². The van der Waals surface area contributed by atoms with Gasteiger partial charge in [0.1, 0.15) is 12.4 Å². The lowest BCUT2D eigenvalue weighted by atomic mass is 10.2. The van der Waals surface area contributed by atoms with E-state index in [2.05, 4.69) is 22.2 Å². The van der Waals surface area contributed by atoms with Gasteiger partial charge in [-0.05, 0) is 18.9 Å². The van der Waals surface area contributed by atoms with E-state index in [1.165, 1.54) is 0 Å². The maximum Gasteiger partial charge on any atom is 0.179 e. The van der Waals surface area contributed by atoms with E-state index >= 15 is 0 Å². The molecule has 0 unspecified atom stereocenters. The number of benzene rings is 1. The van der Waals surface area contributed by atoms with Gasteiger partial charge in [0.15, 0.2) is 11.6 Å². The van der Waals surface area contributed by atoms with E-state index in [9.17, 15) is 0 Å². The van der Waals surface area contributed by atoms with E-state index in [1.54, 1.807) is 6.20 Å². The molecule has 0 amide bonds. The summed E-state index contributed by atoms with van der Waals surface area (Å²) in [7, 11) is 0. The minimum absolute atomic E-state index is 0.474. The van der Waals surface area contributed by atoms with Gasteiger partial charge in [-0.3, -0.25) is 0 Å². The number of anilines is 1. The van der Waals surface area contributed by atoms with Gasteiger partial charge in [0.2, 0.25) is 0 Å². The fraction of sp³-hybridized carbons (Fsp3) is 0.444. The Labute approximate surface area is 138 Å². The summed E-state index contributed by atoms with van der Waals surface area (Å²) < 4.78 is 11.4. The van der Waals surface area contributed by atoms with Gasteiger partial charge in [-0.2, -0.15) is 0 Å². The molecule has 0 bridgehead atoms. The molecule has 2 rings (SSSR count). The van der Waals surface area contributed by atoms with E-state index in [4.69, 9.17) is 9.47 Å². The molecular formula is C18H25N3O2. The molecule has 5 nitrogen and oxygen atoms in total. The van der Waals surface area contributed by atoms with Gasteiger partial charge in [-0.15, -0.1) is 0 Å². The summed E-state index contributed by atoms with van der Waals surface area (Å²) in [6, 6.07) is 10.1. The van der Waals surface area contributed by atoms with E-state index in [1.807, 2.05) is 37.3 Å². The summed E-state index contributed by atoms with van der Waals surface area (Å²) >= 11 is 0. The third kappa shape index (κ3) is 6.24. The molecule has 5 heteroatoms. The summed E-state index contributed by atoms with van der Waals surface area (Å²) in [4.78, 5) is 8.60. The number of aromatic nitrogens is 2. The van der Waals surface area contributed by atoms with Gasteiger partial charge < -0.3 is 14.8 Å². The summed E-state index contributed by atoms with van der Waals surface area (Å²) in [5.74, 6) is 2.17. The van der Waals surface area contributed by atoms with Gasteiger partial charge in [0.25, 0.3) is 0 Å². The number of rotatable bonds is 10. The number of hydrogen-bond acceptors (Lipinski definition) is 5. The Morgan fingerprint density at radius 3 is 2.74 bits per heavy atom. The number of unbranched alkanes of at least 4 members (excludes halogenated alkanes) is 1. The highest BCUT2D eigenvalue weighted by molar-refractivity contribution is 5.48. The number of hydrogen-bond donors (Lipinski definition) is 1. The Bertz CT molecular complexity index is 576. The number of aryl methyl sites for hydroxylation is 1. The molecule has 1 N–H and O–H groups in total. The average molecular weight is 315 g/mol. The van der Waals surface area contributed by atoms with Crippen molar-refractivity contribution in [2.45, 2.75) is 33.3 Å². The molecule has 1 aromatic heterocycles. The SMILES string of the molecule is CCCCNc1nc(C)ncc1OCCOCc1ccccc1. The molecule has 0 radical (unpaired) electrons. The van der Waals surface area contributed by atoms with Crippen molar-refractivity contribution in [3.8, 4) is 5.75 Å². The molecule has 124 valence electrons. The third-order valence-electron chi connectivity index (χ3n) is 3.30. The topological polar surface area (TPSA) is 56.3 Å². The highest BCUT2D eigenvalue weighted by Crippen LogP contribution is 2.20. The van der Waals surface area contributed by atoms with Crippen LogP contribution in [0, 0.1) is 6.92 Å². The summed E-state index contributed by atoms with van der Waals surface area (Å²) in [5, 5.41) is 3.30. The Balaban J connectivity index is 1.76. The molecule has 2 aromatic rings. The molecule has 0 saturated heterocycles. The molecule has 0 spiro atoms. The Kier molecular flexibility index (Phi) is 7.33. The molecule has 0 aliphatic carbocycles. The summed E-state index contributed by atoms with van der Waals surface area (Å²) in [6.45, 7) is 6.51. The smallest absolute Gasteiger partial charge is 0.179 e. The normalized spacial score (nSPS) is 10.5. The van der Waals surface area contributed by atoms with Gasteiger partial charge in [-0.1, -0.05) is 43.7 Å². The van der Waals surface area contributed by atoms with Crippen LogP contribution in [-0.4, -0.2) is 29.7 Å². The zero-order valence-electron chi connectivity index (χ0n) is 13.9. The van der Waals surface area contributed by atoms with Crippen molar-refractivity contribution in [1.29, 1.82) is 0 Å². The highest BCUT2D eigenvalue weighted by Gasteiger charge is 2.06. The second kappa shape index (κ2) is 9.79. The van der Waals surface area contributed by atoms with Gasteiger partial charge >= 0.3 is 0 Å². The first-order chi connectivity index (χ1) is 11.3. The van der Waals surface area contributed by atoms with E-state index in [-0.39, 0.29) is 0 Å². The molecule has 0 aliphatic heterocycles. The van der Waals surface area contributed by atoms with Gasteiger partial charge in [-0.25, -0.2) is 9.97 Å². The van der Waals surface area contributed by atoms with Crippen LogP contribution >= 0.6 is 0 Å². The van der Waals surface area contributed by atoms with Crippen LogP contribution in [0.15, 0.2) is 36.5 Å². The molecule has 0 atom stereocenters. The molecule has 1 heterocycles. The zero-order valence-corrected chi connectivity index (χ0v) is 13.9. The van der Waals surface area contributed by atoms with Crippen LogP contribution in [0.1, 0.15) is 31.2 Å². The molecule has 1 aromatic carbocycles. The monoisotopic (exact) mass is 315 g/mol. The van der Waals surface area contributed by atoms with Crippen LogP contribution in [0.2, 0.25) is 0 Å². The van der Waals surface area contributed by atoms with Crippen molar-refractivity contribution in [3.05, 3.63) is 47.9 Å². The maximum absolute atomic E-state index is 5.75. The number of nitrogens with zero attached hydrogens (tertiary/aromatic N) is 2. The van der Waals surface area contributed by atoms with Crippen LogP contribution in [0.5, 0.6) is 5.75 Å². The van der Waals surface area contributed by atoms with Crippen LogP contribution in [0.25, 0.3) is 0 Å². The third-order valence-corrected chi connectivity index (χ3v) is 3.30. The van der Waals surface area contributed by atoms with Crippen molar-refractivity contribution in [3.63, 3.8) is 0 Å². The van der Waals surface area contributed by atoms with Crippen LogP contribution < -0.4 is 10.1 Å². The molecule has 0 aliphatic rings. The first-order valence-corrected chi connectivity index (χ1v) is 8.11. The Morgan fingerprint density at radius 2 is 1.96 bits per heavy atom. The van der Waals surface area contributed by atoms with E-state index in [0.29, 0.717) is 25.6 Å². The Morgan fingerprint density at radius 1 is 1.13 bits per heavy atom. The maximum atomic E-state index is 5.75. The predicted octanol–water partition coefficient (Wildman–Crippen LogP) is 3.59. The standard InChI is InChI=1S/C18H25N3O2/c1-3-4-10-19-18-17(13-20-15(2)21-18)23-12-11-22-14-16-8-6-5-7-9-16/h5-9,13H,3-4,10-12,14H2,1-2H3,(H,19,20,21). The lowest BCUT2D eigenvalue weighted by molar-refractivity contribution is 0.0889. The molecular weight excluding hydrogens is 290 g/mol. The lowest BCUT2D eigenvalue weighted by Gasteiger charge is -2.12. The number of nitrogens with one attached hydrogen (secondary N) is 1. The average Bonchev–Trinajstić information content (AvgIpc) is 2.57. The van der Waals surface area contributed by atoms with Crippen LogP contribution in [0.3, 0.4) is 0 Å². The molecule has 23 heavy (non-hydrogen) atoms. The Hall–Kier alpha value is -2.14. The van der Waals surface area contributed by atoms with E-state index < -0.39 is 0 Å². The van der Waals surface area contributed by atoms with Crippen molar-refractivity contribution >= 4 is 5.82 Å². The van der Waals surface area contributed by atoms with Crippen molar-refractivity contribution in [2.24, 2.45) is 0 Å². The summed E-state index contributed by atoms with van der Waals surface area (Å²) in [6.07, 6.45) is 3.96. The quantitative estimate of drug-likeness (QED) is 0.679. The first-order valence-electron chi connectivity index (χ1n) is 8.11. The largest absolute Gasteiger partial charge is 0.486 e. The number of ether oxygens (including phenoxy) is 2. The zero-order chi connectivity index (χ0) is 16.3. The minimum atomic E-state index is 0.474. The first kappa shape index (κ1) is 17.2. The fourth-order valence-corrected chi connectivity index (χ4v) is 2.05. The molecule has 0 saturated carbocycles. The summed E-state index contributed by atoms with van der Waals surface area (Å²) in [5.41, 5.74) is 1.16. The molecule has 0 fully saturated rings. The predicted molar refractivity (Wildman–Crippen MR) is 91.8 cm³/mol. The van der Waals surface area contributed by atoms with Crippen molar-refractivity contribution < 1.29 is 9.47 Å². The van der Waals surface area contributed by atoms with Gasteiger partial charge in [0, 0.05) is 6.54 Å². The van der Waals surface area contributed by atoms with Crippen molar-refractivity contribution in [2.75, 3.05) is 25.1 Å². The second-order valence-corrected chi connectivity index (χ2v) is 5.30. The van der Waals surface area contributed by atoms with Crippen LogP contribution in [0.4, 0.5) is 5.82 Å². The lowest BCUT2D eigenvalue weighted by Crippen LogP contribution is -2.11. The van der Waals surface area contributed by atoms with Gasteiger partial charge in [0.05, 0.1) is 19.4 Å².